The fourth-order valence-corrected chi connectivity index (χ4v) is 2.46. The summed E-state index contributed by atoms with van der Waals surface area (Å²) in [7, 11) is 1.93. The summed E-state index contributed by atoms with van der Waals surface area (Å²) in [6, 6.07) is 12.0. The molecule has 2 aromatic heterocycles. The molecule has 0 radical (unpaired) electrons. The van der Waals surface area contributed by atoms with Gasteiger partial charge in [-0.15, -0.1) is 0 Å². The number of benzene rings is 1. The van der Waals surface area contributed by atoms with Crippen LogP contribution in [0.1, 0.15) is 17.4 Å². The molecule has 5 heteroatoms. The van der Waals surface area contributed by atoms with Crippen molar-refractivity contribution in [2.24, 2.45) is 0 Å². The van der Waals surface area contributed by atoms with Gasteiger partial charge in [0.15, 0.2) is 0 Å². The minimum atomic E-state index is 0.0933. The minimum Gasteiger partial charge on any atom is -0.311 e. The van der Waals surface area contributed by atoms with Crippen LogP contribution < -0.4 is 5.32 Å². The van der Waals surface area contributed by atoms with Crippen LogP contribution in [-0.4, -0.2) is 22.0 Å². The van der Waals surface area contributed by atoms with Crippen LogP contribution in [0.15, 0.2) is 53.3 Å². The first-order valence-corrected chi connectivity index (χ1v) is 7.55. The van der Waals surface area contributed by atoms with Crippen molar-refractivity contribution in [3.05, 3.63) is 64.7 Å². The molecule has 2 heterocycles. The van der Waals surface area contributed by atoms with E-state index in [-0.39, 0.29) is 6.04 Å². The molecule has 1 aromatic carbocycles. The third kappa shape index (κ3) is 3.25. The summed E-state index contributed by atoms with van der Waals surface area (Å²) in [5.74, 6) is 0. The molecular weight excluding hydrogens is 328 g/mol. The summed E-state index contributed by atoms with van der Waals surface area (Å²) in [5.41, 5.74) is 3.78. The van der Waals surface area contributed by atoms with E-state index >= 15 is 0 Å². The number of rotatable bonds is 4. The van der Waals surface area contributed by atoms with Gasteiger partial charge in [-0.2, -0.15) is 0 Å². The lowest BCUT2D eigenvalue weighted by atomic mass is 10.1. The number of fused-ring (bicyclic) bond motifs is 1. The molecule has 1 atom stereocenters. The zero-order chi connectivity index (χ0) is 14.7. The number of para-hydroxylation sites is 2. The molecular formula is C16H15BrN4. The average Bonchev–Trinajstić information content (AvgIpc) is 2.54. The SMILES string of the molecule is CNC(Cc1ccc(Br)cn1)c1cnc2ccccc2n1. The van der Waals surface area contributed by atoms with Crippen LogP contribution in [0.3, 0.4) is 0 Å². The topological polar surface area (TPSA) is 50.7 Å². The number of likely N-dealkylation sites (N-methyl/N-ethyl adjacent to an activating group) is 1. The number of nitrogens with zero attached hydrogens (tertiary/aromatic N) is 3. The molecule has 0 aliphatic rings. The zero-order valence-electron chi connectivity index (χ0n) is 11.6. The molecule has 3 rings (SSSR count). The van der Waals surface area contributed by atoms with Crippen LogP contribution in [0.4, 0.5) is 0 Å². The lowest BCUT2D eigenvalue weighted by molar-refractivity contribution is 0.568. The van der Waals surface area contributed by atoms with Crippen molar-refractivity contribution in [2.45, 2.75) is 12.5 Å². The van der Waals surface area contributed by atoms with Gasteiger partial charge in [0.25, 0.3) is 0 Å². The van der Waals surface area contributed by atoms with Crippen molar-refractivity contribution in [1.82, 2.24) is 20.3 Å². The highest BCUT2D eigenvalue weighted by Crippen LogP contribution is 2.18. The van der Waals surface area contributed by atoms with E-state index in [0.29, 0.717) is 0 Å². The molecule has 0 aliphatic carbocycles. The summed E-state index contributed by atoms with van der Waals surface area (Å²) in [6.45, 7) is 0. The van der Waals surface area contributed by atoms with E-state index in [4.69, 9.17) is 4.98 Å². The standard InChI is InChI=1S/C16H15BrN4/c1-18-15(8-12-7-6-11(17)9-19-12)16-10-20-13-4-2-3-5-14(13)21-16/h2-7,9-10,15,18H,8H2,1H3. The van der Waals surface area contributed by atoms with Gasteiger partial charge in [0.2, 0.25) is 0 Å². The number of pyridine rings is 1. The van der Waals surface area contributed by atoms with E-state index in [1.165, 1.54) is 0 Å². The van der Waals surface area contributed by atoms with E-state index in [1.54, 1.807) is 0 Å². The van der Waals surface area contributed by atoms with Gasteiger partial charge < -0.3 is 5.32 Å². The summed E-state index contributed by atoms with van der Waals surface area (Å²) in [6.07, 6.45) is 4.42. The van der Waals surface area contributed by atoms with Crippen molar-refractivity contribution < 1.29 is 0 Å². The fourth-order valence-electron chi connectivity index (χ4n) is 2.23. The second kappa shape index (κ2) is 6.28. The molecule has 3 aromatic rings. The summed E-state index contributed by atoms with van der Waals surface area (Å²) in [5, 5.41) is 3.29. The molecule has 4 nitrogen and oxygen atoms in total. The highest BCUT2D eigenvalue weighted by Gasteiger charge is 2.13. The van der Waals surface area contributed by atoms with Gasteiger partial charge in [0.05, 0.1) is 29.0 Å². The van der Waals surface area contributed by atoms with E-state index in [1.807, 2.05) is 55.8 Å². The van der Waals surface area contributed by atoms with Gasteiger partial charge in [-0.25, -0.2) is 4.98 Å². The Balaban J connectivity index is 1.88. The highest BCUT2D eigenvalue weighted by molar-refractivity contribution is 9.10. The normalized spacial score (nSPS) is 12.5. The quantitative estimate of drug-likeness (QED) is 0.790. The first kappa shape index (κ1) is 14.1. The molecule has 0 spiro atoms. The molecule has 106 valence electrons. The van der Waals surface area contributed by atoms with Gasteiger partial charge in [0.1, 0.15) is 0 Å². The Bertz CT molecular complexity index is 743. The zero-order valence-corrected chi connectivity index (χ0v) is 13.2. The van der Waals surface area contributed by atoms with Crippen LogP contribution in [0.2, 0.25) is 0 Å². The Kier molecular flexibility index (Phi) is 4.22. The third-order valence-electron chi connectivity index (χ3n) is 3.37. The van der Waals surface area contributed by atoms with Gasteiger partial charge in [-0.05, 0) is 47.2 Å². The number of hydrogen-bond acceptors (Lipinski definition) is 4. The monoisotopic (exact) mass is 342 g/mol. The Hall–Kier alpha value is -1.85. The number of halogens is 1. The van der Waals surface area contributed by atoms with Gasteiger partial charge >= 0.3 is 0 Å². The predicted octanol–water partition coefficient (Wildman–Crippen LogP) is 3.29. The van der Waals surface area contributed by atoms with Crippen LogP contribution in [0.25, 0.3) is 11.0 Å². The molecule has 1 unspecified atom stereocenters. The van der Waals surface area contributed by atoms with Crippen LogP contribution in [-0.2, 0) is 6.42 Å². The smallest absolute Gasteiger partial charge is 0.0890 e. The largest absolute Gasteiger partial charge is 0.311 e. The first-order valence-electron chi connectivity index (χ1n) is 6.75. The molecule has 0 bridgehead atoms. The van der Waals surface area contributed by atoms with Crippen molar-refractivity contribution >= 4 is 27.0 Å². The lowest BCUT2D eigenvalue weighted by Crippen LogP contribution is -2.20. The van der Waals surface area contributed by atoms with Crippen LogP contribution in [0, 0.1) is 0 Å². The molecule has 21 heavy (non-hydrogen) atoms. The van der Waals surface area contributed by atoms with Crippen LogP contribution in [0.5, 0.6) is 0 Å². The maximum Gasteiger partial charge on any atom is 0.0890 e. The fraction of sp³-hybridized carbons (Fsp3) is 0.188. The Morgan fingerprint density at radius 3 is 2.57 bits per heavy atom. The Labute approximate surface area is 131 Å². The van der Waals surface area contributed by atoms with E-state index in [2.05, 4.69) is 31.2 Å². The molecule has 0 saturated carbocycles. The Morgan fingerprint density at radius 1 is 1.05 bits per heavy atom. The lowest BCUT2D eigenvalue weighted by Gasteiger charge is -2.15. The molecule has 0 amide bonds. The van der Waals surface area contributed by atoms with Crippen LogP contribution >= 0.6 is 15.9 Å². The second-order valence-corrected chi connectivity index (χ2v) is 5.71. The van der Waals surface area contributed by atoms with E-state index < -0.39 is 0 Å². The highest BCUT2D eigenvalue weighted by atomic mass is 79.9. The first-order chi connectivity index (χ1) is 10.3. The number of aromatic nitrogens is 3. The number of hydrogen-bond donors (Lipinski definition) is 1. The Morgan fingerprint density at radius 2 is 1.86 bits per heavy atom. The van der Waals surface area contributed by atoms with Crippen molar-refractivity contribution in [3.8, 4) is 0 Å². The van der Waals surface area contributed by atoms with E-state index in [0.717, 1.165) is 33.3 Å². The third-order valence-corrected chi connectivity index (χ3v) is 3.84. The summed E-state index contributed by atoms with van der Waals surface area (Å²) < 4.78 is 0.984. The minimum absolute atomic E-state index is 0.0933. The van der Waals surface area contributed by atoms with Crippen molar-refractivity contribution in [3.63, 3.8) is 0 Å². The molecule has 0 fully saturated rings. The summed E-state index contributed by atoms with van der Waals surface area (Å²) in [4.78, 5) is 13.6. The number of nitrogens with one attached hydrogen (secondary N) is 1. The van der Waals surface area contributed by atoms with E-state index in [9.17, 15) is 0 Å². The predicted molar refractivity (Wildman–Crippen MR) is 87.0 cm³/mol. The maximum atomic E-state index is 4.70. The second-order valence-electron chi connectivity index (χ2n) is 4.80. The van der Waals surface area contributed by atoms with Crippen molar-refractivity contribution in [2.75, 3.05) is 7.05 Å². The molecule has 0 saturated heterocycles. The summed E-state index contributed by atoms with van der Waals surface area (Å²) >= 11 is 3.40. The van der Waals surface area contributed by atoms with Gasteiger partial charge in [-0.3, -0.25) is 9.97 Å². The van der Waals surface area contributed by atoms with Gasteiger partial charge in [0, 0.05) is 22.8 Å². The maximum absolute atomic E-state index is 4.70. The van der Waals surface area contributed by atoms with Crippen molar-refractivity contribution in [1.29, 1.82) is 0 Å². The molecule has 1 N–H and O–H groups in total. The average molecular weight is 343 g/mol. The molecule has 0 aliphatic heterocycles. The van der Waals surface area contributed by atoms with Gasteiger partial charge in [-0.1, -0.05) is 12.1 Å².